The van der Waals surface area contributed by atoms with Crippen molar-refractivity contribution >= 4 is 17.4 Å². The molecule has 0 N–H and O–H groups in total. The number of nitro benzene ring substituents is 1. The first-order valence-corrected chi connectivity index (χ1v) is 9.23. The van der Waals surface area contributed by atoms with E-state index < -0.39 is 0 Å². The van der Waals surface area contributed by atoms with E-state index in [9.17, 15) is 10.1 Å². The molecule has 8 heteroatoms. The van der Waals surface area contributed by atoms with Crippen LogP contribution in [0.2, 0.25) is 0 Å². The Kier molecular flexibility index (Phi) is 5.62. The van der Waals surface area contributed by atoms with Crippen molar-refractivity contribution in [2.45, 2.75) is 31.3 Å². The van der Waals surface area contributed by atoms with Crippen LogP contribution in [0.25, 0.3) is 11.4 Å². The lowest BCUT2D eigenvalue weighted by Crippen LogP contribution is -2.08. The molecule has 26 heavy (non-hydrogen) atoms. The van der Waals surface area contributed by atoms with E-state index in [1.54, 1.807) is 24.5 Å². The largest absolute Gasteiger partial charge is 0.302 e. The highest BCUT2D eigenvalue weighted by Crippen LogP contribution is 2.28. The Morgan fingerprint density at radius 2 is 1.96 bits per heavy atom. The SMILES string of the molecule is CC(C)Cn1c(SCc2cccc([N+](=O)[O-])c2)nnc1-c1ccncc1. The van der Waals surface area contributed by atoms with Crippen LogP contribution in [0.3, 0.4) is 0 Å². The Morgan fingerprint density at radius 3 is 2.65 bits per heavy atom. The molecule has 3 rings (SSSR count). The molecule has 0 spiro atoms. The molecule has 0 aliphatic heterocycles. The maximum atomic E-state index is 10.9. The lowest BCUT2D eigenvalue weighted by Gasteiger charge is -2.12. The maximum absolute atomic E-state index is 10.9. The van der Waals surface area contributed by atoms with Crippen LogP contribution >= 0.6 is 11.8 Å². The Labute approximate surface area is 155 Å². The highest BCUT2D eigenvalue weighted by atomic mass is 32.2. The quantitative estimate of drug-likeness (QED) is 0.352. The Bertz CT molecular complexity index is 896. The zero-order chi connectivity index (χ0) is 18.5. The average molecular weight is 369 g/mol. The fourth-order valence-electron chi connectivity index (χ4n) is 2.55. The molecule has 7 nitrogen and oxygen atoms in total. The summed E-state index contributed by atoms with van der Waals surface area (Å²) in [5, 5.41) is 20.4. The van der Waals surface area contributed by atoms with E-state index in [2.05, 4.69) is 33.6 Å². The molecule has 134 valence electrons. The number of hydrogen-bond acceptors (Lipinski definition) is 6. The summed E-state index contributed by atoms with van der Waals surface area (Å²) in [6.45, 7) is 5.08. The molecule has 0 bridgehead atoms. The fourth-order valence-corrected chi connectivity index (χ4v) is 3.44. The van der Waals surface area contributed by atoms with Gasteiger partial charge in [-0.3, -0.25) is 15.1 Å². The van der Waals surface area contributed by atoms with Crippen LogP contribution < -0.4 is 0 Å². The van der Waals surface area contributed by atoms with Crippen molar-refractivity contribution in [1.82, 2.24) is 19.7 Å². The smallest absolute Gasteiger partial charge is 0.269 e. The monoisotopic (exact) mass is 369 g/mol. The number of non-ortho nitro benzene ring substituents is 1. The number of thioether (sulfide) groups is 1. The van der Waals surface area contributed by atoms with Crippen molar-refractivity contribution in [3.63, 3.8) is 0 Å². The van der Waals surface area contributed by atoms with Gasteiger partial charge in [-0.05, 0) is 23.6 Å². The third-order valence-corrected chi connectivity index (χ3v) is 4.73. The highest BCUT2D eigenvalue weighted by molar-refractivity contribution is 7.98. The van der Waals surface area contributed by atoms with Gasteiger partial charge in [-0.2, -0.15) is 0 Å². The van der Waals surface area contributed by atoms with Crippen molar-refractivity contribution in [1.29, 1.82) is 0 Å². The van der Waals surface area contributed by atoms with Gasteiger partial charge in [0.2, 0.25) is 0 Å². The van der Waals surface area contributed by atoms with Gasteiger partial charge >= 0.3 is 0 Å². The molecule has 2 heterocycles. The van der Waals surface area contributed by atoms with Crippen molar-refractivity contribution in [3.05, 3.63) is 64.5 Å². The molecule has 0 fully saturated rings. The standard InChI is InChI=1S/C18H19N5O2S/c1-13(2)11-22-17(15-6-8-19-9-7-15)20-21-18(22)26-12-14-4-3-5-16(10-14)23(24)25/h3-10,13H,11-12H2,1-2H3. The average Bonchev–Trinajstić information content (AvgIpc) is 3.03. The number of nitro groups is 1. The first-order valence-electron chi connectivity index (χ1n) is 8.24. The second kappa shape index (κ2) is 8.09. The van der Waals surface area contributed by atoms with Gasteiger partial charge in [-0.1, -0.05) is 37.7 Å². The summed E-state index contributed by atoms with van der Waals surface area (Å²) in [5.74, 6) is 1.83. The molecule has 0 radical (unpaired) electrons. The normalized spacial score (nSPS) is 11.0. The number of nitrogens with zero attached hydrogens (tertiary/aromatic N) is 5. The lowest BCUT2D eigenvalue weighted by molar-refractivity contribution is -0.384. The predicted octanol–water partition coefficient (Wildman–Crippen LogP) is 4.20. The summed E-state index contributed by atoms with van der Waals surface area (Å²) >= 11 is 1.53. The predicted molar refractivity (Wildman–Crippen MR) is 101 cm³/mol. The molecule has 2 aromatic heterocycles. The lowest BCUT2D eigenvalue weighted by atomic mass is 10.2. The number of aromatic nitrogens is 4. The van der Waals surface area contributed by atoms with Gasteiger partial charge in [-0.25, -0.2) is 0 Å². The van der Waals surface area contributed by atoms with Crippen molar-refractivity contribution < 1.29 is 4.92 Å². The van der Waals surface area contributed by atoms with Crippen LogP contribution in [0.1, 0.15) is 19.4 Å². The molecule has 0 amide bonds. The molecule has 0 atom stereocenters. The van der Waals surface area contributed by atoms with E-state index in [4.69, 9.17) is 0 Å². The van der Waals surface area contributed by atoms with Crippen molar-refractivity contribution in [2.75, 3.05) is 0 Å². The number of hydrogen-bond donors (Lipinski definition) is 0. The minimum absolute atomic E-state index is 0.101. The highest BCUT2D eigenvalue weighted by Gasteiger charge is 2.16. The van der Waals surface area contributed by atoms with Gasteiger partial charge in [0.15, 0.2) is 11.0 Å². The molecule has 0 aliphatic carbocycles. The van der Waals surface area contributed by atoms with E-state index in [0.29, 0.717) is 11.7 Å². The molecule has 0 saturated heterocycles. The van der Waals surface area contributed by atoms with Crippen LogP contribution in [0.5, 0.6) is 0 Å². The van der Waals surface area contributed by atoms with Crippen LogP contribution in [-0.2, 0) is 12.3 Å². The van der Waals surface area contributed by atoms with E-state index in [1.807, 2.05) is 18.2 Å². The van der Waals surface area contributed by atoms with Crippen LogP contribution in [-0.4, -0.2) is 24.7 Å². The van der Waals surface area contributed by atoms with E-state index in [0.717, 1.165) is 28.7 Å². The zero-order valence-electron chi connectivity index (χ0n) is 14.6. The Hall–Kier alpha value is -2.74. The summed E-state index contributed by atoms with van der Waals surface area (Å²) in [5.41, 5.74) is 1.95. The number of benzene rings is 1. The summed E-state index contributed by atoms with van der Waals surface area (Å²) in [7, 11) is 0. The molecular weight excluding hydrogens is 350 g/mol. The minimum Gasteiger partial charge on any atom is -0.302 e. The van der Waals surface area contributed by atoms with Crippen molar-refractivity contribution in [2.24, 2.45) is 5.92 Å². The molecule has 0 unspecified atom stereocenters. The second-order valence-corrected chi connectivity index (χ2v) is 7.20. The van der Waals surface area contributed by atoms with E-state index in [-0.39, 0.29) is 10.6 Å². The third-order valence-electron chi connectivity index (χ3n) is 3.69. The molecule has 0 aliphatic rings. The van der Waals surface area contributed by atoms with Crippen LogP contribution in [0.4, 0.5) is 5.69 Å². The number of pyridine rings is 1. The summed E-state index contributed by atoms with van der Waals surface area (Å²) in [6, 6.07) is 10.5. The van der Waals surface area contributed by atoms with Gasteiger partial charge in [0.25, 0.3) is 5.69 Å². The molecule has 3 aromatic rings. The van der Waals surface area contributed by atoms with Crippen LogP contribution in [0.15, 0.2) is 53.9 Å². The molecule has 1 aromatic carbocycles. The Balaban J connectivity index is 1.84. The third kappa shape index (κ3) is 4.26. The number of rotatable bonds is 7. The maximum Gasteiger partial charge on any atom is 0.269 e. The van der Waals surface area contributed by atoms with Crippen molar-refractivity contribution in [3.8, 4) is 11.4 Å². The van der Waals surface area contributed by atoms with Gasteiger partial charge in [0.1, 0.15) is 0 Å². The van der Waals surface area contributed by atoms with Gasteiger partial charge in [0.05, 0.1) is 4.92 Å². The summed E-state index contributed by atoms with van der Waals surface area (Å²) in [4.78, 5) is 14.6. The summed E-state index contributed by atoms with van der Waals surface area (Å²) in [6.07, 6.45) is 3.47. The van der Waals surface area contributed by atoms with Gasteiger partial charge < -0.3 is 4.57 Å². The van der Waals surface area contributed by atoms with Gasteiger partial charge in [0, 0.05) is 42.4 Å². The van der Waals surface area contributed by atoms with E-state index >= 15 is 0 Å². The first-order chi connectivity index (χ1) is 12.5. The zero-order valence-corrected chi connectivity index (χ0v) is 15.4. The van der Waals surface area contributed by atoms with Gasteiger partial charge in [-0.15, -0.1) is 10.2 Å². The molecular formula is C18H19N5O2S. The molecule has 0 saturated carbocycles. The second-order valence-electron chi connectivity index (χ2n) is 6.26. The van der Waals surface area contributed by atoms with Crippen LogP contribution in [0, 0.1) is 16.0 Å². The van der Waals surface area contributed by atoms with E-state index in [1.165, 1.54) is 17.8 Å². The minimum atomic E-state index is -0.378. The topological polar surface area (TPSA) is 86.7 Å². The Morgan fingerprint density at radius 1 is 1.19 bits per heavy atom. The first kappa shape index (κ1) is 18.1. The summed E-state index contributed by atoms with van der Waals surface area (Å²) < 4.78 is 2.10. The fraction of sp³-hybridized carbons (Fsp3) is 0.278.